The molecule has 0 saturated carbocycles. The zero-order chi connectivity index (χ0) is 10.7. The molecule has 0 spiro atoms. The third-order valence-corrected chi connectivity index (χ3v) is 2.23. The maximum Gasteiger partial charge on any atom is 0.126 e. The standard InChI is InChI=1S/C9H13ClN2O2/c10-6-1-5(4-13)9(14)7(2-6)8(12)3-11/h1-2,8,13-14H,3-4,11-12H2. The number of nitrogens with two attached hydrogens (primary N) is 2. The lowest BCUT2D eigenvalue weighted by Gasteiger charge is -2.14. The van der Waals surface area contributed by atoms with E-state index < -0.39 is 6.04 Å². The van der Waals surface area contributed by atoms with Gasteiger partial charge in [0.25, 0.3) is 0 Å². The van der Waals surface area contributed by atoms with E-state index in [0.29, 0.717) is 16.1 Å². The number of phenols is 1. The minimum absolute atomic E-state index is 0.0325. The molecule has 0 saturated heterocycles. The smallest absolute Gasteiger partial charge is 0.126 e. The van der Waals surface area contributed by atoms with Gasteiger partial charge in [0.2, 0.25) is 0 Å². The van der Waals surface area contributed by atoms with Crippen molar-refractivity contribution >= 4 is 11.6 Å². The number of rotatable bonds is 3. The van der Waals surface area contributed by atoms with Crippen molar-refractivity contribution in [1.82, 2.24) is 0 Å². The van der Waals surface area contributed by atoms with Gasteiger partial charge in [0, 0.05) is 28.7 Å². The van der Waals surface area contributed by atoms with E-state index in [1.807, 2.05) is 0 Å². The maximum absolute atomic E-state index is 9.66. The zero-order valence-corrected chi connectivity index (χ0v) is 8.33. The van der Waals surface area contributed by atoms with Gasteiger partial charge in [-0.3, -0.25) is 0 Å². The Balaban J connectivity index is 3.21. The minimum Gasteiger partial charge on any atom is -0.507 e. The van der Waals surface area contributed by atoms with E-state index in [9.17, 15) is 5.11 Å². The first-order chi connectivity index (χ1) is 6.60. The van der Waals surface area contributed by atoms with Crippen molar-refractivity contribution in [2.45, 2.75) is 12.6 Å². The van der Waals surface area contributed by atoms with Gasteiger partial charge >= 0.3 is 0 Å². The Morgan fingerprint density at radius 1 is 1.43 bits per heavy atom. The summed E-state index contributed by atoms with van der Waals surface area (Å²) in [5, 5.41) is 19.0. The lowest BCUT2D eigenvalue weighted by molar-refractivity contribution is 0.275. The summed E-state index contributed by atoms with van der Waals surface area (Å²) in [6.07, 6.45) is 0. The number of halogens is 1. The lowest BCUT2D eigenvalue weighted by Crippen LogP contribution is -2.21. The van der Waals surface area contributed by atoms with Crippen LogP contribution in [0, 0.1) is 0 Å². The first kappa shape index (κ1) is 11.3. The first-order valence-corrected chi connectivity index (χ1v) is 4.55. The largest absolute Gasteiger partial charge is 0.507 e. The van der Waals surface area contributed by atoms with Gasteiger partial charge in [-0.2, -0.15) is 0 Å². The van der Waals surface area contributed by atoms with Crippen LogP contribution in [0.1, 0.15) is 17.2 Å². The summed E-state index contributed by atoms with van der Waals surface area (Å²) in [7, 11) is 0. The third-order valence-electron chi connectivity index (χ3n) is 2.01. The SMILES string of the molecule is NCC(N)c1cc(Cl)cc(CO)c1O. The van der Waals surface area contributed by atoms with Crippen LogP contribution in [-0.2, 0) is 6.61 Å². The molecule has 1 aromatic carbocycles. The van der Waals surface area contributed by atoms with Gasteiger partial charge in [-0.1, -0.05) is 11.6 Å². The molecule has 78 valence electrons. The topological polar surface area (TPSA) is 92.5 Å². The normalized spacial score (nSPS) is 12.9. The Morgan fingerprint density at radius 2 is 2.07 bits per heavy atom. The summed E-state index contributed by atoms with van der Waals surface area (Å²) in [6.45, 7) is -0.0740. The summed E-state index contributed by atoms with van der Waals surface area (Å²) in [4.78, 5) is 0. The molecule has 0 radical (unpaired) electrons. The molecule has 0 bridgehead atoms. The van der Waals surface area contributed by atoms with Crippen LogP contribution in [-0.4, -0.2) is 16.8 Å². The van der Waals surface area contributed by atoms with Gasteiger partial charge in [0.15, 0.2) is 0 Å². The Morgan fingerprint density at radius 3 is 2.57 bits per heavy atom. The predicted molar refractivity (Wildman–Crippen MR) is 55.0 cm³/mol. The molecule has 1 unspecified atom stereocenters. The molecule has 0 aliphatic carbocycles. The fourth-order valence-corrected chi connectivity index (χ4v) is 1.46. The van der Waals surface area contributed by atoms with Crippen LogP contribution in [0.3, 0.4) is 0 Å². The Bertz CT molecular complexity index is 331. The summed E-state index contributed by atoms with van der Waals surface area (Å²) in [5.74, 6) is -0.0325. The summed E-state index contributed by atoms with van der Waals surface area (Å²) < 4.78 is 0. The number of benzene rings is 1. The molecule has 5 heteroatoms. The van der Waals surface area contributed by atoms with Gasteiger partial charge in [-0.15, -0.1) is 0 Å². The second-order valence-corrected chi connectivity index (χ2v) is 3.44. The number of aliphatic hydroxyl groups is 1. The van der Waals surface area contributed by atoms with E-state index in [2.05, 4.69) is 0 Å². The van der Waals surface area contributed by atoms with Crippen LogP contribution in [0.2, 0.25) is 5.02 Å². The molecule has 1 atom stereocenters. The average molecular weight is 217 g/mol. The minimum atomic E-state index is -0.473. The van der Waals surface area contributed by atoms with Crippen LogP contribution in [0.25, 0.3) is 0 Å². The molecule has 4 nitrogen and oxygen atoms in total. The first-order valence-electron chi connectivity index (χ1n) is 4.18. The monoisotopic (exact) mass is 216 g/mol. The van der Waals surface area contributed by atoms with E-state index in [0.717, 1.165) is 0 Å². The molecular weight excluding hydrogens is 204 g/mol. The third kappa shape index (κ3) is 2.16. The average Bonchev–Trinajstić information content (AvgIpc) is 2.19. The molecule has 0 aromatic heterocycles. The van der Waals surface area contributed by atoms with E-state index in [1.165, 1.54) is 6.07 Å². The van der Waals surface area contributed by atoms with Gasteiger partial charge in [-0.25, -0.2) is 0 Å². The highest BCUT2D eigenvalue weighted by molar-refractivity contribution is 6.30. The molecule has 1 aromatic rings. The van der Waals surface area contributed by atoms with Crippen LogP contribution in [0.15, 0.2) is 12.1 Å². The number of hydrogen-bond donors (Lipinski definition) is 4. The van der Waals surface area contributed by atoms with Gasteiger partial charge in [0.1, 0.15) is 5.75 Å². The second-order valence-electron chi connectivity index (χ2n) is 3.00. The fourth-order valence-electron chi connectivity index (χ4n) is 1.21. The van der Waals surface area contributed by atoms with Crippen molar-refractivity contribution in [3.63, 3.8) is 0 Å². The quantitative estimate of drug-likeness (QED) is 0.592. The van der Waals surface area contributed by atoms with Crippen molar-refractivity contribution < 1.29 is 10.2 Å². The summed E-state index contributed by atoms with van der Waals surface area (Å²) >= 11 is 5.78. The van der Waals surface area contributed by atoms with Crippen molar-refractivity contribution in [1.29, 1.82) is 0 Å². The Hall–Kier alpha value is -0.810. The van der Waals surface area contributed by atoms with E-state index in [-0.39, 0.29) is 18.9 Å². The van der Waals surface area contributed by atoms with Crippen molar-refractivity contribution in [3.05, 3.63) is 28.3 Å². The highest BCUT2D eigenvalue weighted by atomic mass is 35.5. The summed E-state index contributed by atoms with van der Waals surface area (Å²) in [5.41, 5.74) is 11.9. The Labute approximate surface area is 87.1 Å². The van der Waals surface area contributed by atoms with Crippen LogP contribution in [0.5, 0.6) is 5.75 Å². The number of hydrogen-bond acceptors (Lipinski definition) is 4. The fraction of sp³-hybridized carbons (Fsp3) is 0.333. The maximum atomic E-state index is 9.66. The molecule has 0 aliphatic heterocycles. The molecular formula is C9H13ClN2O2. The molecule has 6 N–H and O–H groups in total. The van der Waals surface area contributed by atoms with Crippen molar-refractivity contribution in [2.24, 2.45) is 11.5 Å². The van der Waals surface area contributed by atoms with Crippen LogP contribution in [0.4, 0.5) is 0 Å². The number of aliphatic hydroxyl groups excluding tert-OH is 1. The van der Waals surface area contributed by atoms with E-state index in [4.69, 9.17) is 28.2 Å². The lowest BCUT2D eigenvalue weighted by atomic mass is 10.0. The Kier molecular flexibility index (Phi) is 3.71. The second kappa shape index (κ2) is 4.61. The van der Waals surface area contributed by atoms with Crippen molar-refractivity contribution in [2.75, 3.05) is 6.54 Å². The van der Waals surface area contributed by atoms with Crippen LogP contribution < -0.4 is 11.5 Å². The molecule has 0 aliphatic rings. The predicted octanol–water partition coefficient (Wildman–Crippen LogP) is 0.496. The molecule has 14 heavy (non-hydrogen) atoms. The highest BCUT2D eigenvalue weighted by Crippen LogP contribution is 2.30. The van der Waals surface area contributed by atoms with Crippen molar-refractivity contribution in [3.8, 4) is 5.75 Å². The van der Waals surface area contributed by atoms with Gasteiger partial charge in [-0.05, 0) is 12.1 Å². The van der Waals surface area contributed by atoms with E-state index >= 15 is 0 Å². The molecule has 0 fully saturated rings. The van der Waals surface area contributed by atoms with E-state index in [1.54, 1.807) is 6.07 Å². The zero-order valence-electron chi connectivity index (χ0n) is 7.57. The van der Waals surface area contributed by atoms with Crippen LogP contribution >= 0.6 is 11.6 Å². The van der Waals surface area contributed by atoms with Gasteiger partial charge < -0.3 is 21.7 Å². The molecule has 0 heterocycles. The molecule has 1 rings (SSSR count). The summed E-state index contributed by atoms with van der Waals surface area (Å²) in [6, 6.07) is 2.57. The highest BCUT2D eigenvalue weighted by Gasteiger charge is 2.13. The van der Waals surface area contributed by atoms with Gasteiger partial charge in [0.05, 0.1) is 6.61 Å². The molecule has 0 amide bonds. The number of aromatic hydroxyl groups is 1.